The topological polar surface area (TPSA) is 62.5 Å². The summed E-state index contributed by atoms with van der Waals surface area (Å²) in [4.78, 5) is 26.2. The van der Waals surface area contributed by atoms with E-state index in [2.05, 4.69) is 0 Å². The lowest BCUT2D eigenvalue weighted by atomic mass is 10.2. The Morgan fingerprint density at radius 2 is 1.68 bits per heavy atom. The predicted octanol–water partition coefficient (Wildman–Crippen LogP) is 5.85. The molecule has 31 heavy (non-hydrogen) atoms. The number of rotatable bonds is 4. The molecule has 2 aromatic carbocycles. The maximum atomic E-state index is 13.0. The molecule has 156 valence electrons. The minimum atomic E-state index is -0.962. The SMILES string of the molecule is Cc1cc(/C=C2\SC(=S)N(c3ccc(Cl)cc3)C2=O)c(C)n1-c1ccc(C(=O)O)cc1. The van der Waals surface area contributed by atoms with E-state index in [1.165, 1.54) is 16.7 Å². The van der Waals surface area contributed by atoms with E-state index in [-0.39, 0.29) is 11.5 Å². The standard InChI is InChI=1S/C23H17ClN2O3S2/c1-13-11-16(14(2)25(13)18-7-3-15(4-8-18)22(28)29)12-20-21(27)26(23(30)31-20)19-9-5-17(24)6-10-19/h3-12H,1-2H3,(H,28,29)/b20-12-. The van der Waals surface area contributed by atoms with E-state index >= 15 is 0 Å². The average molecular weight is 469 g/mol. The van der Waals surface area contributed by atoms with Crippen LogP contribution in [0.25, 0.3) is 11.8 Å². The first-order valence-electron chi connectivity index (χ1n) is 9.32. The van der Waals surface area contributed by atoms with Crippen LogP contribution in [0.5, 0.6) is 0 Å². The van der Waals surface area contributed by atoms with E-state index in [4.69, 9.17) is 28.9 Å². The van der Waals surface area contributed by atoms with Crippen LogP contribution in [0.2, 0.25) is 5.02 Å². The summed E-state index contributed by atoms with van der Waals surface area (Å²) in [6, 6.07) is 15.7. The Morgan fingerprint density at radius 3 is 2.29 bits per heavy atom. The number of carbonyl (C=O) groups is 2. The Morgan fingerprint density at radius 1 is 1.06 bits per heavy atom. The Hall–Kier alpha value is -2.87. The van der Waals surface area contributed by atoms with Crippen molar-refractivity contribution in [1.82, 2.24) is 4.57 Å². The monoisotopic (exact) mass is 468 g/mol. The molecule has 0 radical (unpaired) electrons. The molecule has 2 heterocycles. The number of thiocarbonyl (C=S) groups is 1. The van der Waals surface area contributed by atoms with Crippen molar-refractivity contribution >= 4 is 63.5 Å². The first-order chi connectivity index (χ1) is 14.8. The van der Waals surface area contributed by atoms with Crippen molar-refractivity contribution in [3.63, 3.8) is 0 Å². The molecule has 8 heteroatoms. The van der Waals surface area contributed by atoms with Crippen LogP contribution < -0.4 is 4.90 Å². The number of carboxylic acid groups (broad SMARTS) is 1. The van der Waals surface area contributed by atoms with E-state index in [1.807, 2.05) is 30.6 Å². The zero-order valence-electron chi connectivity index (χ0n) is 16.6. The summed E-state index contributed by atoms with van der Waals surface area (Å²) in [7, 11) is 0. The number of benzene rings is 2. The normalized spacial score (nSPS) is 15.2. The molecule has 1 aliphatic heterocycles. The Kier molecular flexibility index (Phi) is 5.75. The van der Waals surface area contributed by atoms with Gasteiger partial charge in [0.05, 0.1) is 16.2 Å². The minimum absolute atomic E-state index is 0.173. The molecule has 1 amide bonds. The van der Waals surface area contributed by atoms with Gasteiger partial charge in [-0.05, 0) is 80.1 Å². The van der Waals surface area contributed by atoms with Crippen LogP contribution in [0.1, 0.15) is 27.3 Å². The molecule has 3 aromatic rings. The number of aromatic nitrogens is 1. The molecule has 1 N–H and O–H groups in total. The third-order valence-corrected chi connectivity index (χ3v) is 6.56. The van der Waals surface area contributed by atoms with Crippen molar-refractivity contribution in [3.05, 3.63) is 87.0 Å². The molecule has 4 rings (SSSR count). The number of carboxylic acids is 1. The predicted molar refractivity (Wildman–Crippen MR) is 129 cm³/mol. The first-order valence-corrected chi connectivity index (χ1v) is 10.9. The molecule has 0 bridgehead atoms. The van der Waals surface area contributed by atoms with Crippen LogP contribution in [0, 0.1) is 13.8 Å². The van der Waals surface area contributed by atoms with Crippen LogP contribution in [0.15, 0.2) is 59.5 Å². The highest BCUT2D eigenvalue weighted by Crippen LogP contribution is 2.37. The molecular formula is C23H17ClN2O3S2. The second kappa shape index (κ2) is 8.34. The lowest BCUT2D eigenvalue weighted by Crippen LogP contribution is -2.27. The molecule has 0 spiro atoms. The first kappa shape index (κ1) is 21.4. The van der Waals surface area contributed by atoms with E-state index in [0.29, 0.717) is 19.9 Å². The fraction of sp³-hybridized carbons (Fsp3) is 0.0870. The zero-order valence-corrected chi connectivity index (χ0v) is 19.0. The largest absolute Gasteiger partial charge is 0.478 e. The van der Waals surface area contributed by atoms with Gasteiger partial charge < -0.3 is 9.67 Å². The number of carbonyl (C=O) groups excluding carboxylic acids is 1. The number of aryl methyl sites for hydroxylation is 1. The number of aromatic carboxylic acids is 1. The van der Waals surface area contributed by atoms with Gasteiger partial charge in [0, 0.05) is 22.1 Å². The summed E-state index contributed by atoms with van der Waals surface area (Å²) in [5, 5.41) is 9.70. The molecule has 1 aliphatic rings. The number of amides is 1. The highest BCUT2D eigenvalue weighted by Gasteiger charge is 2.33. The van der Waals surface area contributed by atoms with Crippen molar-refractivity contribution in [2.75, 3.05) is 4.90 Å². The fourth-order valence-electron chi connectivity index (χ4n) is 3.51. The van der Waals surface area contributed by atoms with E-state index in [9.17, 15) is 9.59 Å². The molecule has 1 fully saturated rings. The lowest BCUT2D eigenvalue weighted by Gasteiger charge is -2.14. The Bertz CT molecular complexity index is 1250. The van der Waals surface area contributed by atoms with Crippen LogP contribution >= 0.6 is 35.6 Å². The Labute approximate surface area is 193 Å². The van der Waals surface area contributed by atoms with Crippen molar-refractivity contribution in [3.8, 4) is 5.69 Å². The molecule has 0 saturated carbocycles. The summed E-state index contributed by atoms with van der Waals surface area (Å²) in [6.07, 6.45) is 1.85. The van der Waals surface area contributed by atoms with E-state index < -0.39 is 5.97 Å². The van der Waals surface area contributed by atoms with Crippen molar-refractivity contribution in [2.45, 2.75) is 13.8 Å². The van der Waals surface area contributed by atoms with Gasteiger partial charge in [-0.2, -0.15) is 0 Å². The van der Waals surface area contributed by atoms with Crippen LogP contribution in [-0.2, 0) is 4.79 Å². The third-order valence-electron chi connectivity index (χ3n) is 5.01. The molecule has 0 aliphatic carbocycles. The molecule has 0 unspecified atom stereocenters. The third kappa shape index (κ3) is 4.04. The van der Waals surface area contributed by atoms with Crippen molar-refractivity contribution < 1.29 is 14.7 Å². The molecule has 1 aromatic heterocycles. The second-order valence-corrected chi connectivity index (χ2v) is 9.12. The van der Waals surface area contributed by atoms with E-state index in [1.54, 1.807) is 48.5 Å². The van der Waals surface area contributed by atoms with Gasteiger partial charge in [-0.3, -0.25) is 9.69 Å². The van der Waals surface area contributed by atoms with Gasteiger partial charge in [-0.25, -0.2) is 4.79 Å². The van der Waals surface area contributed by atoms with Crippen molar-refractivity contribution in [2.24, 2.45) is 0 Å². The van der Waals surface area contributed by atoms with Crippen molar-refractivity contribution in [1.29, 1.82) is 0 Å². The summed E-state index contributed by atoms with van der Waals surface area (Å²) >= 11 is 12.7. The van der Waals surface area contributed by atoms with Crippen LogP contribution in [0.4, 0.5) is 5.69 Å². The minimum Gasteiger partial charge on any atom is -0.478 e. The molecule has 0 atom stereocenters. The number of thioether (sulfide) groups is 1. The van der Waals surface area contributed by atoms with Gasteiger partial charge in [0.15, 0.2) is 4.32 Å². The highest BCUT2D eigenvalue weighted by atomic mass is 35.5. The maximum Gasteiger partial charge on any atom is 0.335 e. The van der Waals surface area contributed by atoms with Gasteiger partial charge in [-0.15, -0.1) is 0 Å². The summed E-state index contributed by atoms with van der Waals surface area (Å²) in [6.45, 7) is 3.93. The van der Waals surface area contributed by atoms with Gasteiger partial charge >= 0.3 is 5.97 Å². The average Bonchev–Trinajstić information content (AvgIpc) is 3.17. The smallest absolute Gasteiger partial charge is 0.335 e. The number of anilines is 1. The van der Waals surface area contributed by atoms with Gasteiger partial charge in [0.2, 0.25) is 0 Å². The summed E-state index contributed by atoms with van der Waals surface area (Å²) in [5.41, 5.74) is 4.58. The van der Waals surface area contributed by atoms with Gasteiger partial charge in [-0.1, -0.05) is 35.6 Å². The second-order valence-electron chi connectivity index (χ2n) is 7.01. The number of nitrogens with zero attached hydrogens (tertiary/aromatic N) is 2. The quantitative estimate of drug-likeness (QED) is 0.384. The molecule has 5 nitrogen and oxygen atoms in total. The fourth-order valence-corrected chi connectivity index (χ4v) is 4.92. The molecule has 1 saturated heterocycles. The Balaban J connectivity index is 1.67. The number of hydrogen-bond donors (Lipinski definition) is 1. The van der Waals surface area contributed by atoms with Gasteiger partial charge in [0.25, 0.3) is 5.91 Å². The number of halogens is 1. The summed E-state index contributed by atoms with van der Waals surface area (Å²) < 4.78 is 2.49. The van der Waals surface area contributed by atoms with Gasteiger partial charge in [0.1, 0.15) is 0 Å². The van der Waals surface area contributed by atoms with Crippen LogP contribution in [0.3, 0.4) is 0 Å². The van der Waals surface area contributed by atoms with E-state index in [0.717, 1.165) is 22.6 Å². The zero-order chi connectivity index (χ0) is 22.3. The summed E-state index contributed by atoms with van der Waals surface area (Å²) in [5.74, 6) is -1.14. The number of hydrogen-bond acceptors (Lipinski definition) is 4. The van der Waals surface area contributed by atoms with Crippen LogP contribution in [-0.4, -0.2) is 25.9 Å². The molecular weight excluding hydrogens is 452 g/mol. The lowest BCUT2D eigenvalue weighted by molar-refractivity contribution is -0.113. The highest BCUT2D eigenvalue weighted by molar-refractivity contribution is 8.27. The maximum absolute atomic E-state index is 13.0.